The van der Waals surface area contributed by atoms with E-state index in [1.807, 2.05) is 0 Å². The molecule has 168 valence electrons. The molecular weight excluding hydrogens is 464 g/mol. The lowest BCUT2D eigenvalue weighted by atomic mass is 9.97. The van der Waals surface area contributed by atoms with Crippen molar-refractivity contribution in [3.05, 3.63) is 53.3 Å². The summed E-state index contributed by atoms with van der Waals surface area (Å²) in [5.74, 6) is -2.45. The van der Waals surface area contributed by atoms with Crippen molar-refractivity contribution < 1.29 is 35.5 Å². The standard InChI is InChI=1S/C19H17ClF4N2O4S/c20-15-5-2-6-16(17(15)21)25-18(27)12-7-9-26(10-8-12)31(28,29)14-4-1-3-13(11-14)30-19(22,23)24/h1-6,11-12H,7-10H2,(H,25,27). The van der Waals surface area contributed by atoms with Gasteiger partial charge in [-0.15, -0.1) is 13.2 Å². The van der Waals surface area contributed by atoms with Gasteiger partial charge < -0.3 is 10.1 Å². The number of anilines is 1. The molecule has 2 aromatic carbocycles. The maximum absolute atomic E-state index is 14.0. The summed E-state index contributed by atoms with van der Waals surface area (Å²) >= 11 is 5.69. The quantitative estimate of drug-likeness (QED) is 0.643. The van der Waals surface area contributed by atoms with Gasteiger partial charge in [-0.1, -0.05) is 23.7 Å². The molecule has 0 aromatic heterocycles. The molecule has 0 radical (unpaired) electrons. The molecule has 2 aromatic rings. The molecule has 0 bridgehead atoms. The van der Waals surface area contributed by atoms with Crippen molar-refractivity contribution >= 4 is 33.2 Å². The SMILES string of the molecule is O=C(Nc1cccc(Cl)c1F)C1CCN(S(=O)(=O)c2cccc(OC(F)(F)F)c2)CC1. The van der Waals surface area contributed by atoms with Crippen molar-refractivity contribution in [3.8, 4) is 5.75 Å². The number of alkyl halides is 3. The summed E-state index contributed by atoms with van der Waals surface area (Å²) in [6, 6.07) is 8.28. The van der Waals surface area contributed by atoms with Crippen LogP contribution in [0.15, 0.2) is 47.4 Å². The molecule has 0 saturated carbocycles. The van der Waals surface area contributed by atoms with Crippen LogP contribution in [0.3, 0.4) is 0 Å². The van der Waals surface area contributed by atoms with Crippen LogP contribution in [0.1, 0.15) is 12.8 Å². The number of sulfonamides is 1. The van der Waals surface area contributed by atoms with Gasteiger partial charge in [0.2, 0.25) is 15.9 Å². The lowest BCUT2D eigenvalue weighted by Crippen LogP contribution is -2.41. The third-order valence-corrected chi connectivity index (χ3v) is 6.90. The average Bonchev–Trinajstić information content (AvgIpc) is 2.70. The van der Waals surface area contributed by atoms with Crippen LogP contribution in [-0.2, 0) is 14.8 Å². The van der Waals surface area contributed by atoms with Crippen LogP contribution in [0.25, 0.3) is 0 Å². The van der Waals surface area contributed by atoms with Crippen molar-refractivity contribution in [3.63, 3.8) is 0 Å². The highest BCUT2D eigenvalue weighted by molar-refractivity contribution is 7.89. The molecule has 1 saturated heterocycles. The first-order valence-corrected chi connectivity index (χ1v) is 10.9. The molecule has 31 heavy (non-hydrogen) atoms. The van der Waals surface area contributed by atoms with Crippen LogP contribution >= 0.6 is 11.6 Å². The Bertz CT molecular complexity index is 1070. The maximum Gasteiger partial charge on any atom is 0.573 e. The third-order valence-electron chi connectivity index (χ3n) is 4.71. The highest BCUT2D eigenvalue weighted by atomic mass is 35.5. The van der Waals surface area contributed by atoms with Crippen molar-refractivity contribution in [1.82, 2.24) is 4.31 Å². The summed E-state index contributed by atoms with van der Waals surface area (Å²) in [4.78, 5) is 12.1. The van der Waals surface area contributed by atoms with E-state index in [-0.39, 0.29) is 41.5 Å². The number of amides is 1. The Morgan fingerprint density at radius 2 is 1.77 bits per heavy atom. The second-order valence-corrected chi connectivity index (χ2v) is 9.14. The lowest BCUT2D eigenvalue weighted by Gasteiger charge is -2.30. The molecule has 1 aliphatic heterocycles. The van der Waals surface area contributed by atoms with E-state index in [0.717, 1.165) is 22.5 Å². The van der Waals surface area contributed by atoms with Crippen molar-refractivity contribution in [2.75, 3.05) is 18.4 Å². The fraction of sp³-hybridized carbons (Fsp3) is 0.316. The summed E-state index contributed by atoms with van der Waals surface area (Å²) in [6.07, 6.45) is -4.63. The highest BCUT2D eigenvalue weighted by Crippen LogP contribution is 2.29. The minimum atomic E-state index is -4.95. The van der Waals surface area contributed by atoms with E-state index < -0.39 is 39.8 Å². The number of halogens is 5. The largest absolute Gasteiger partial charge is 0.573 e. The number of nitrogens with zero attached hydrogens (tertiary/aromatic N) is 1. The molecule has 6 nitrogen and oxygen atoms in total. The Morgan fingerprint density at radius 3 is 2.42 bits per heavy atom. The monoisotopic (exact) mass is 480 g/mol. The number of piperidine rings is 1. The Morgan fingerprint density at radius 1 is 1.13 bits per heavy atom. The summed E-state index contributed by atoms with van der Waals surface area (Å²) in [5.41, 5.74) is -0.0750. The summed E-state index contributed by atoms with van der Waals surface area (Å²) in [7, 11) is -4.08. The van der Waals surface area contributed by atoms with Crippen LogP contribution in [0, 0.1) is 11.7 Å². The van der Waals surface area contributed by atoms with Crippen LogP contribution in [0.5, 0.6) is 5.75 Å². The van der Waals surface area contributed by atoms with Gasteiger partial charge in [0.25, 0.3) is 0 Å². The van der Waals surface area contributed by atoms with E-state index in [1.54, 1.807) is 0 Å². The van der Waals surface area contributed by atoms with Gasteiger partial charge in [-0.25, -0.2) is 12.8 Å². The smallest absolute Gasteiger partial charge is 0.406 e. The first-order valence-electron chi connectivity index (χ1n) is 9.08. The molecular formula is C19H17ClF4N2O4S. The number of nitrogens with one attached hydrogen (secondary N) is 1. The van der Waals surface area contributed by atoms with Gasteiger partial charge in [0.15, 0.2) is 5.82 Å². The van der Waals surface area contributed by atoms with Gasteiger partial charge >= 0.3 is 6.36 Å². The van der Waals surface area contributed by atoms with Crippen LogP contribution in [0.4, 0.5) is 23.2 Å². The molecule has 3 rings (SSSR count). The first kappa shape index (κ1) is 23.3. The molecule has 0 aliphatic carbocycles. The number of carbonyl (C=O) groups excluding carboxylic acids is 1. The zero-order chi connectivity index (χ0) is 22.8. The molecule has 1 amide bonds. The Balaban J connectivity index is 1.65. The third kappa shape index (κ3) is 5.66. The summed E-state index contributed by atoms with van der Waals surface area (Å²) in [5, 5.41) is 2.30. The van der Waals surface area contributed by atoms with Crippen LogP contribution in [0.2, 0.25) is 5.02 Å². The molecule has 1 fully saturated rings. The summed E-state index contributed by atoms with van der Waals surface area (Å²) in [6.45, 7) is -0.0500. The molecule has 0 atom stereocenters. The van der Waals surface area contributed by atoms with E-state index in [9.17, 15) is 30.8 Å². The zero-order valence-electron chi connectivity index (χ0n) is 15.8. The number of hydrogen-bond donors (Lipinski definition) is 1. The van der Waals surface area contributed by atoms with Crippen LogP contribution < -0.4 is 10.1 Å². The van der Waals surface area contributed by atoms with Gasteiger partial charge in [-0.3, -0.25) is 4.79 Å². The number of carbonyl (C=O) groups is 1. The minimum Gasteiger partial charge on any atom is -0.406 e. The summed E-state index contributed by atoms with van der Waals surface area (Å²) < 4.78 is 81.6. The van der Waals surface area contributed by atoms with Crippen molar-refractivity contribution in [2.24, 2.45) is 5.92 Å². The number of hydrogen-bond acceptors (Lipinski definition) is 4. The van der Waals surface area contributed by atoms with Gasteiger partial charge in [0, 0.05) is 25.1 Å². The maximum atomic E-state index is 14.0. The van der Waals surface area contributed by atoms with E-state index in [0.29, 0.717) is 0 Å². The van der Waals surface area contributed by atoms with Gasteiger partial charge in [0.1, 0.15) is 5.75 Å². The predicted molar refractivity (Wildman–Crippen MR) is 105 cm³/mol. The first-order chi connectivity index (χ1) is 14.5. The molecule has 1 aliphatic rings. The predicted octanol–water partition coefficient (Wildman–Crippen LogP) is 4.42. The van der Waals surface area contributed by atoms with E-state index >= 15 is 0 Å². The number of benzene rings is 2. The Hall–Kier alpha value is -2.37. The molecule has 12 heteroatoms. The second-order valence-electron chi connectivity index (χ2n) is 6.79. The van der Waals surface area contributed by atoms with Crippen molar-refractivity contribution in [2.45, 2.75) is 24.1 Å². The topological polar surface area (TPSA) is 75.7 Å². The van der Waals surface area contributed by atoms with Gasteiger partial charge in [0.05, 0.1) is 15.6 Å². The molecule has 1 heterocycles. The fourth-order valence-corrected chi connectivity index (χ4v) is 4.85. The molecule has 0 unspecified atom stereocenters. The molecule has 1 N–H and O–H groups in total. The second kappa shape index (κ2) is 9.01. The van der Waals surface area contributed by atoms with Gasteiger partial charge in [-0.2, -0.15) is 4.31 Å². The number of ether oxygens (including phenoxy) is 1. The van der Waals surface area contributed by atoms with Crippen molar-refractivity contribution in [1.29, 1.82) is 0 Å². The minimum absolute atomic E-state index is 0.0250. The van der Waals surface area contributed by atoms with Crippen LogP contribution in [-0.4, -0.2) is 38.1 Å². The fourth-order valence-electron chi connectivity index (χ4n) is 3.17. The normalized spacial score (nSPS) is 16.2. The Labute approximate surface area is 180 Å². The zero-order valence-corrected chi connectivity index (χ0v) is 17.4. The highest BCUT2D eigenvalue weighted by Gasteiger charge is 2.34. The Kier molecular flexibility index (Phi) is 6.77. The van der Waals surface area contributed by atoms with E-state index in [4.69, 9.17) is 11.6 Å². The number of rotatable bonds is 5. The van der Waals surface area contributed by atoms with Gasteiger partial charge in [-0.05, 0) is 37.1 Å². The average molecular weight is 481 g/mol. The van der Waals surface area contributed by atoms with E-state index in [1.165, 1.54) is 24.3 Å². The van der Waals surface area contributed by atoms with E-state index in [2.05, 4.69) is 10.1 Å². The lowest BCUT2D eigenvalue weighted by molar-refractivity contribution is -0.274. The molecule has 0 spiro atoms.